The molecular formula is C24H37NO5. The number of methoxy groups -OCH3 is 1. The van der Waals surface area contributed by atoms with E-state index in [1.54, 1.807) is 7.11 Å². The van der Waals surface area contributed by atoms with Gasteiger partial charge in [0.1, 0.15) is 18.5 Å². The molecule has 0 saturated heterocycles. The maximum absolute atomic E-state index is 12.2. The van der Waals surface area contributed by atoms with E-state index in [0.717, 1.165) is 31.2 Å². The first-order valence-electron chi connectivity index (χ1n) is 10.8. The fraction of sp³-hybridized carbons (Fsp3) is 0.625. The molecule has 1 aliphatic carbocycles. The van der Waals surface area contributed by atoms with Gasteiger partial charge in [-0.15, -0.1) is 0 Å². The van der Waals surface area contributed by atoms with Crippen molar-refractivity contribution in [3.05, 3.63) is 41.5 Å². The highest BCUT2D eigenvalue weighted by Gasteiger charge is 2.33. The van der Waals surface area contributed by atoms with Crippen LogP contribution in [-0.2, 0) is 14.2 Å². The number of carbonyl (C=O) groups excluding carboxylic acids is 1. The van der Waals surface area contributed by atoms with Crippen LogP contribution in [0.25, 0.3) is 6.08 Å². The Morgan fingerprint density at radius 3 is 2.47 bits per heavy atom. The molecule has 1 saturated carbocycles. The number of carbonyl (C=O) groups is 1. The molecule has 0 aliphatic heterocycles. The standard InChI is InChI=1S/C24H37NO5/c1-24(2,3)30-23(27)25-16-20(15-18-11-7-5-8-12-18)21(26)22(29-17-28-4)19-13-9-6-10-14-19/h5,7-8,11-12,15,19,21-22,26H,6,9-10,13-14,16-17H2,1-4H3,(H,25,27)/b20-15+/t21-,22+/m0/s1. The summed E-state index contributed by atoms with van der Waals surface area (Å²) in [4.78, 5) is 12.2. The number of hydrogen-bond donors (Lipinski definition) is 2. The van der Waals surface area contributed by atoms with Crippen molar-refractivity contribution in [1.29, 1.82) is 0 Å². The van der Waals surface area contributed by atoms with Gasteiger partial charge in [-0.25, -0.2) is 4.79 Å². The van der Waals surface area contributed by atoms with Crippen molar-refractivity contribution in [2.24, 2.45) is 5.92 Å². The summed E-state index contributed by atoms with van der Waals surface area (Å²) >= 11 is 0. The zero-order chi connectivity index (χ0) is 22.0. The van der Waals surface area contributed by atoms with Crippen LogP contribution in [0.5, 0.6) is 0 Å². The number of ether oxygens (including phenoxy) is 3. The largest absolute Gasteiger partial charge is 0.444 e. The van der Waals surface area contributed by atoms with Crippen LogP contribution in [0.3, 0.4) is 0 Å². The number of alkyl carbamates (subject to hydrolysis) is 1. The normalized spacial score (nSPS) is 18.0. The Hall–Kier alpha value is -1.89. The van der Waals surface area contributed by atoms with Crippen molar-refractivity contribution in [3.8, 4) is 0 Å². The molecule has 2 atom stereocenters. The van der Waals surface area contributed by atoms with Crippen molar-refractivity contribution in [1.82, 2.24) is 5.32 Å². The summed E-state index contributed by atoms with van der Waals surface area (Å²) in [6, 6.07) is 9.75. The molecule has 1 fully saturated rings. The van der Waals surface area contributed by atoms with E-state index in [1.165, 1.54) is 6.42 Å². The number of aliphatic hydroxyl groups is 1. The molecule has 0 unspecified atom stereocenters. The topological polar surface area (TPSA) is 77.0 Å². The van der Waals surface area contributed by atoms with Gasteiger partial charge in [-0.2, -0.15) is 0 Å². The van der Waals surface area contributed by atoms with Crippen molar-refractivity contribution < 1.29 is 24.1 Å². The lowest BCUT2D eigenvalue weighted by Gasteiger charge is -2.34. The summed E-state index contributed by atoms with van der Waals surface area (Å²) in [5.74, 6) is 0.254. The van der Waals surface area contributed by atoms with Crippen LogP contribution >= 0.6 is 0 Å². The molecule has 168 valence electrons. The second-order valence-electron chi connectivity index (χ2n) is 8.87. The van der Waals surface area contributed by atoms with E-state index in [-0.39, 0.29) is 25.4 Å². The Labute approximate surface area is 180 Å². The van der Waals surface area contributed by atoms with E-state index in [0.29, 0.717) is 5.57 Å². The summed E-state index contributed by atoms with van der Waals surface area (Å²) in [7, 11) is 1.58. The lowest BCUT2D eigenvalue weighted by molar-refractivity contribution is -0.129. The third-order valence-corrected chi connectivity index (χ3v) is 5.17. The van der Waals surface area contributed by atoms with E-state index < -0.39 is 17.8 Å². The molecule has 2 N–H and O–H groups in total. The number of rotatable bonds is 9. The minimum absolute atomic E-state index is 0.121. The number of benzene rings is 1. The first-order chi connectivity index (χ1) is 14.3. The van der Waals surface area contributed by atoms with E-state index in [9.17, 15) is 9.90 Å². The molecule has 1 aromatic carbocycles. The molecule has 1 amide bonds. The lowest BCUT2D eigenvalue weighted by Crippen LogP contribution is -2.42. The number of hydrogen-bond acceptors (Lipinski definition) is 5. The Bertz CT molecular complexity index is 662. The number of aliphatic hydroxyl groups excluding tert-OH is 1. The summed E-state index contributed by atoms with van der Waals surface area (Å²) in [6.07, 6.45) is 5.67. The van der Waals surface area contributed by atoms with Crippen LogP contribution in [-0.4, -0.2) is 49.5 Å². The Kier molecular flexibility index (Phi) is 9.82. The summed E-state index contributed by atoms with van der Waals surface area (Å²) < 4.78 is 16.4. The molecule has 0 spiro atoms. The van der Waals surface area contributed by atoms with Crippen molar-refractivity contribution in [2.45, 2.75) is 70.7 Å². The van der Waals surface area contributed by atoms with Gasteiger partial charge in [-0.05, 0) is 50.7 Å². The third-order valence-electron chi connectivity index (χ3n) is 5.17. The molecule has 0 heterocycles. The second-order valence-corrected chi connectivity index (χ2v) is 8.87. The maximum Gasteiger partial charge on any atom is 0.407 e. The Balaban J connectivity index is 2.21. The predicted molar refractivity (Wildman–Crippen MR) is 118 cm³/mol. The lowest BCUT2D eigenvalue weighted by atomic mass is 9.81. The highest BCUT2D eigenvalue weighted by molar-refractivity contribution is 5.68. The van der Waals surface area contributed by atoms with Crippen molar-refractivity contribution in [2.75, 3.05) is 20.4 Å². The third kappa shape index (κ3) is 8.46. The number of amides is 1. The van der Waals surface area contributed by atoms with Crippen LogP contribution < -0.4 is 5.32 Å². The molecule has 0 aromatic heterocycles. The van der Waals surface area contributed by atoms with Gasteiger partial charge in [-0.1, -0.05) is 55.7 Å². The maximum atomic E-state index is 12.2. The van der Waals surface area contributed by atoms with Crippen LogP contribution in [0.1, 0.15) is 58.4 Å². The van der Waals surface area contributed by atoms with Gasteiger partial charge in [-0.3, -0.25) is 0 Å². The van der Waals surface area contributed by atoms with Crippen molar-refractivity contribution in [3.63, 3.8) is 0 Å². The molecule has 0 bridgehead atoms. The monoisotopic (exact) mass is 419 g/mol. The van der Waals surface area contributed by atoms with Gasteiger partial charge in [0.05, 0.1) is 6.10 Å². The fourth-order valence-electron chi connectivity index (χ4n) is 3.80. The minimum Gasteiger partial charge on any atom is -0.444 e. The van der Waals surface area contributed by atoms with Crippen LogP contribution in [0.4, 0.5) is 4.79 Å². The molecule has 6 heteroatoms. The van der Waals surface area contributed by atoms with E-state index >= 15 is 0 Å². The van der Waals surface area contributed by atoms with Gasteiger partial charge < -0.3 is 24.6 Å². The molecular weight excluding hydrogens is 382 g/mol. The second kappa shape index (κ2) is 12.1. The number of nitrogens with one attached hydrogen (secondary N) is 1. The first-order valence-corrected chi connectivity index (χ1v) is 10.8. The molecule has 30 heavy (non-hydrogen) atoms. The van der Waals surface area contributed by atoms with Gasteiger partial charge in [0.2, 0.25) is 0 Å². The summed E-state index contributed by atoms with van der Waals surface area (Å²) in [6.45, 7) is 5.75. The first kappa shape index (κ1) is 24.4. The van der Waals surface area contributed by atoms with Gasteiger partial charge >= 0.3 is 6.09 Å². The van der Waals surface area contributed by atoms with Crippen molar-refractivity contribution >= 4 is 12.2 Å². The predicted octanol–water partition coefficient (Wildman–Crippen LogP) is 4.53. The summed E-state index contributed by atoms with van der Waals surface area (Å²) in [5, 5.41) is 14.1. The smallest absolute Gasteiger partial charge is 0.407 e. The molecule has 1 aliphatic rings. The average molecular weight is 420 g/mol. The molecule has 0 radical (unpaired) electrons. The highest BCUT2D eigenvalue weighted by atomic mass is 16.7. The zero-order valence-corrected chi connectivity index (χ0v) is 18.7. The SMILES string of the molecule is COCO[C@H](C1CCCCC1)[C@@H](O)/C(=C/c1ccccc1)CNC(=O)OC(C)(C)C. The fourth-order valence-corrected chi connectivity index (χ4v) is 3.80. The zero-order valence-electron chi connectivity index (χ0n) is 18.7. The highest BCUT2D eigenvalue weighted by Crippen LogP contribution is 2.31. The van der Waals surface area contributed by atoms with Crippen LogP contribution in [0, 0.1) is 5.92 Å². The average Bonchev–Trinajstić information content (AvgIpc) is 2.71. The van der Waals surface area contributed by atoms with E-state index in [1.807, 2.05) is 57.2 Å². The van der Waals surface area contributed by atoms with Crippen LogP contribution in [0.2, 0.25) is 0 Å². The minimum atomic E-state index is -0.863. The Morgan fingerprint density at radius 1 is 1.20 bits per heavy atom. The van der Waals surface area contributed by atoms with E-state index in [2.05, 4.69) is 5.32 Å². The molecule has 1 aromatic rings. The van der Waals surface area contributed by atoms with Crippen LogP contribution in [0.15, 0.2) is 35.9 Å². The quantitative estimate of drug-likeness (QED) is 0.575. The summed E-state index contributed by atoms with van der Waals surface area (Å²) in [5.41, 5.74) is 1.04. The van der Waals surface area contributed by atoms with E-state index in [4.69, 9.17) is 14.2 Å². The Morgan fingerprint density at radius 2 is 1.87 bits per heavy atom. The van der Waals surface area contributed by atoms with Gasteiger partial charge in [0, 0.05) is 13.7 Å². The van der Waals surface area contributed by atoms with Gasteiger partial charge in [0.15, 0.2) is 0 Å². The van der Waals surface area contributed by atoms with Gasteiger partial charge in [0.25, 0.3) is 0 Å². The molecule has 2 rings (SSSR count). The molecule has 6 nitrogen and oxygen atoms in total.